The molecule has 1 N–H and O–H groups in total. The van der Waals surface area contributed by atoms with E-state index >= 15 is 0 Å². The summed E-state index contributed by atoms with van der Waals surface area (Å²) in [6, 6.07) is 5.12. The maximum atomic E-state index is 5.35. The normalized spacial score (nSPS) is 15.3. The largest absolute Gasteiger partial charge is 0.469 e. The third-order valence-corrected chi connectivity index (χ3v) is 3.51. The van der Waals surface area contributed by atoms with Gasteiger partial charge in [-0.3, -0.25) is 0 Å². The number of aryl methyl sites for hydroxylation is 1. The van der Waals surface area contributed by atoms with Gasteiger partial charge in [-0.25, -0.2) is 0 Å². The highest BCUT2D eigenvalue weighted by atomic mass is 16.3. The van der Waals surface area contributed by atoms with Gasteiger partial charge >= 0.3 is 0 Å². The number of hydrogen-bond donors (Lipinski definition) is 1. The van der Waals surface area contributed by atoms with Crippen LogP contribution in [0.3, 0.4) is 0 Å². The van der Waals surface area contributed by atoms with Crippen molar-refractivity contribution in [1.29, 1.82) is 0 Å². The minimum Gasteiger partial charge on any atom is -0.469 e. The second kappa shape index (κ2) is 7.59. The van der Waals surface area contributed by atoms with Crippen molar-refractivity contribution in [3.05, 3.63) is 24.2 Å². The van der Waals surface area contributed by atoms with E-state index in [1.165, 1.54) is 0 Å². The van der Waals surface area contributed by atoms with Crippen molar-refractivity contribution in [3.63, 3.8) is 0 Å². The lowest BCUT2D eigenvalue weighted by molar-refractivity contribution is 0.218. The first-order valence-electron chi connectivity index (χ1n) is 6.93. The molecule has 0 amide bonds. The van der Waals surface area contributed by atoms with Crippen molar-refractivity contribution in [2.45, 2.75) is 45.7 Å². The highest BCUT2D eigenvalue weighted by molar-refractivity contribution is 4.98. The molecule has 1 rings (SSSR count). The molecule has 0 aliphatic carbocycles. The van der Waals surface area contributed by atoms with E-state index in [0.717, 1.165) is 25.1 Å². The van der Waals surface area contributed by atoms with E-state index in [4.69, 9.17) is 4.42 Å². The first kappa shape index (κ1) is 15.3. The molecule has 0 saturated carbocycles. The van der Waals surface area contributed by atoms with E-state index in [1.807, 2.05) is 12.1 Å². The number of hydrogen-bond acceptors (Lipinski definition) is 3. The zero-order chi connectivity index (χ0) is 13.5. The average Bonchev–Trinajstić information content (AvgIpc) is 2.78. The molecule has 0 aromatic carbocycles. The molecule has 0 saturated heterocycles. The fourth-order valence-electron chi connectivity index (χ4n) is 2.25. The third kappa shape index (κ3) is 5.23. The Labute approximate surface area is 112 Å². The molecule has 0 fully saturated rings. The molecular weight excluding hydrogens is 224 g/mol. The van der Waals surface area contributed by atoms with Crippen LogP contribution in [0.5, 0.6) is 0 Å². The molecule has 0 radical (unpaired) electrons. The van der Waals surface area contributed by atoms with Crippen molar-refractivity contribution >= 4 is 0 Å². The second-order valence-corrected chi connectivity index (χ2v) is 5.70. The number of furan rings is 1. The summed E-state index contributed by atoms with van der Waals surface area (Å²) >= 11 is 0. The van der Waals surface area contributed by atoms with Crippen LogP contribution in [0.25, 0.3) is 0 Å². The van der Waals surface area contributed by atoms with E-state index in [9.17, 15) is 0 Å². The van der Waals surface area contributed by atoms with Crippen LogP contribution in [0.1, 0.15) is 33.0 Å². The molecule has 1 aromatic rings. The van der Waals surface area contributed by atoms with Gasteiger partial charge in [-0.05, 0) is 45.5 Å². The van der Waals surface area contributed by atoms with Gasteiger partial charge in [-0.15, -0.1) is 0 Å². The fraction of sp³-hybridized carbons (Fsp3) is 0.733. The average molecular weight is 252 g/mol. The first-order valence-corrected chi connectivity index (χ1v) is 6.93. The zero-order valence-electron chi connectivity index (χ0n) is 12.4. The van der Waals surface area contributed by atoms with Gasteiger partial charge < -0.3 is 14.6 Å². The molecule has 1 aromatic heterocycles. The Kier molecular flexibility index (Phi) is 6.44. The summed E-state index contributed by atoms with van der Waals surface area (Å²) in [5.41, 5.74) is 0. The van der Waals surface area contributed by atoms with Gasteiger partial charge in [0, 0.05) is 25.0 Å². The molecule has 2 atom stereocenters. The highest BCUT2D eigenvalue weighted by Gasteiger charge is 2.16. The number of likely N-dealkylation sites (N-methyl/N-ethyl adjacent to an activating group) is 1. The fourth-order valence-corrected chi connectivity index (χ4v) is 2.25. The lowest BCUT2D eigenvalue weighted by Gasteiger charge is -2.29. The lowest BCUT2D eigenvalue weighted by atomic mass is 10.0. The van der Waals surface area contributed by atoms with Crippen LogP contribution in [0.4, 0.5) is 0 Å². The van der Waals surface area contributed by atoms with Crippen molar-refractivity contribution in [2.75, 3.05) is 20.6 Å². The van der Waals surface area contributed by atoms with Crippen LogP contribution in [0.15, 0.2) is 22.8 Å². The Morgan fingerprint density at radius 1 is 1.28 bits per heavy atom. The Hall–Kier alpha value is -0.800. The molecule has 104 valence electrons. The maximum absolute atomic E-state index is 5.35. The summed E-state index contributed by atoms with van der Waals surface area (Å²) in [5, 5.41) is 3.62. The van der Waals surface area contributed by atoms with E-state index in [1.54, 1.807) is 6.26 Å². The molecule has 2 unspecified atom stereocenters. The summed E-state index contributed by atoms with van der Waals surface area (Å²) in [5.74, 6) is 1.75. The first-order chi connectivity index (χ1) is 8.50. The summed E-state index contributed by atoms with van der Waals surface area (Å²) in [7, 11) is 4.31. The maximum Gasteiger partial charge on any atom is 0.103 e. The Bertz CT molecular complexity index is 298. The second-order valence-electron chi connectivity index (χ2n) is 5.70. The number of rotatable bonds is 8. The topological polar surface area (TPSA) is 28.4 Å². The van der Waals surface area contributed by atoms with Gasteiger partial charge in [-0.2, -0.15) is 0 Å². The smallest absolute Gasteiger partial charge is 0.103 e. The van der Waals surface area contributed by atoms with Crippen molar-refractivity contribution in [1.82, 2.24) is 10.2 Å². The SMILES string of the molecule is CC(CCc1ccco1)NCC(C(C)C)N(C)C. The van der Waals surface area contributed by atoms with Crippen LogP contribution in [0, 0.1) is 5.92 Å². The Morgan fingerprint density at radius 2 is 2.00 bits per heavy atom. The molecule has 0 aliphatic heterocycles. The molecule has 0 bridgehead atoms. The van der Waals surface area contributed by atoms with Gasteiger partial charge in [0.15, 0.2) is 0 Å². The van der Waals surface area contributed by atoms with Crippen LogP contribution in [-0.2, 0) is 6.42 Å². The summed E-state index contributed by atoms with van der Waals surface area (Å²) < 4.78 is 5.35. The van der Waals surface area contributed by atoms with Crippen LogP contribution >= 0.6 is 0 Å². The number of nitrogens with zero attached hydrogens (tertiary/aromatic N) is 1. The molecule has 0 aliphatic rings. The van der Waals surface area contributed by atoms with Gasteiger partial charge in [0.25, 0.3) is 0 Å². The van der Waals surface area contributed by atoms with Crippen LogP contribution in [-0.4, -0.2) is 37.6 Å². The highest BCUT2D eigenvalue weighted by Crippen LogP contribution is 2.08. The minimum atomic E-state index is 0.524. The van der Waals surface area contributed by atoms with E-state index in [2.05, 4.69) is 45.1 Å². The molecular formula is C15H28N2O. The third-order valence-electron chi connectivity index (χ3n) is 3.51. The van der Waals surface area contributed by atoms with Crippen LogP contribution < -0.4 is 5.32 Å². The number of nitrogens with one attached hydrogen (secondary N) is 1. The predicted octanol–water partition coefficient (Wildman–Crippen LogP) is 2.78. The quantitative estimate of drug-likeness (QED) is 0.771. The van der Waals surface area contributed by atoms with Gasteiger partial charge in [-0.1, -0.05) is 13.8 Å². The van der Waals surface area contributed by atoms with Crippen molar-refractivity contribution in [3.8, 4) is 0 Å². The summed E-state index contributed by atoms with van der Waals surface area (Å²) in [4.78, 5) is 2.30. The van der Waals surface area contributed by atoms with E-state index in [-0.39, 0.29) is 0 Å². The Morgan fingerprint density at radius 3 is 2.50 bits per heavy atom. The minimum absolute atomic E-state index is 0.524. The molecule has 18 heavy (non-hydrogen) atoms. The summed E-state index contributed by atoms with van der Waals surface area (Å²) in [6.45, 7) is 7.85. The van der Waals surface area contributed by atoms with Crippen molar-refractivity contribution in [2.24, 2.45) is 5.92 Å². The van der Waals surface area contributed by atoms with Crippen molar-refractivity contribution < 1.29 is 4.42 Å². The van der Waals surface area contributed by atoms with Crippen LogP contribution in [0.2, 0.25) is 0 Å². The molecule has 3 nitrogen and oxygen atoms in total. The summed E-state index contributed by atoms with van der Waals surface area (Å²) in [6.07, 6.45) is 3.87. The van der Waals surface area contributed by atoms with E-state index < -0.39 is 0 Å². The molecule has 0 spiro atoms. The standard InChI is InChI=1S/C15H28N2O/c1-12(2)15(17(4)5)11-16-13(3)8-9-14-7-6-10-18-14/h6-7,10,12-13,15-16H,8-9,11H2,1-5H3. The van der Waals surface area contributed by atoms with Gasteiger partial charge in [0.2, 0.25) is 0 Å². The molecule has 1 heterocycles. The molecule has 3 heteroatoms. The van der Waals surface area contributed by atoms with Gasteiger partial charge in [0.1, 0.15) is 5.76 Å². The zero-order valence-corrected chi connectivity index (χ0v) is 12.4. The monoisotopic (exact) mass is 252 g/mol. The van der Waals surface area contributed by atoms with Gasteiger partial charge in [0.05, 0.1) is 6.26 Å². The Balaban J connectivity index is 2.25. The van der Waals surface area contributed by atoms with E-state index in [0.29, 0.717) is 18.0 Å². The predicted molar refractivity (Wildman–Crippen MR) is 76.8 cm³/mol. The lowest BCUT2D eigenvalue weighted by Crippen LogP contribution is -2.44.